The molecule has 0 saturated carbocycles. The zero-order chi connectivity index (χ0) is 10.9. The standard InChI is InChI=1S/C9H11F3N2/c1-5(2)8-13-4-6(3)7(14-8)9(10,11)12/h4-5H,1-3H3. The minimum atomic E-state index is -4.39. The van der Waals surface area contributed by atoms with Crippen molar-refractivity contribution in [2.75, 3.05) is 0 Å². The minimum Gasteiger partial charge on any atom is -0.241 e. The zero-order valence-corrected chi connectivity index (χ0v) is 8.18. The molecule has 14 heavy (non-hydrogen) atoms. The third-order valence-electron chi connectivity index (χ3n) is 1.78. The highest BCUT2D eigenvalue weighted by atomic mass is 19.4. The summed E-state index contributed by atoms with van der Waals surface area (Å²) in [7, 11) is 0. The monoisotopic (exact) mass is 204 g/mol. The summed E-state index contributed by atoms with van der Waals surface area (Å²) in [6.07, 6.45) is -3.18. The Hall–Kier alpha value is -1.13. The fourth-order valence-corrected chi connectivity index (χ4v) is 1.02. The van der Waals surface area contributed by atoms with Crippen LogP contribution in [0.2, 0.25) is 0 Å². The molecule has 0 saturated heterocycles. The first kappa shape index (κ1) is 10.9. The highest BCUT2D eigenvalue weighted by Crippen LogP contribution is 2.30. The topological polar surface area (TPSA) is 25.8 Å². The fourth-order valence-electron chi connectivity index (χ4n) is 1.02. The Morgan fingerprint density at radius 2 is 1.86 bits per heavy atom. The number of hydrogen-bond acceptors (Lipinski definition) is 2. The largest absolute Gasteiger partial charge is 0.433 e. The number of hydrogen-bond donors (Lipinski definition) is 0. The van der Waals surface area contributed by atoms with E-state index < -0.39 is 11.9 Å². The van der Waals surface area contributed by atoms with Crippen LogP contribution in [-0.2, 0) is 6.18 Å². The number of aryl methyl sites for hydroxylation is 1. The van der Waals surface area contributed by atoms with Crippen LogP contribution in [0, 0.1) is 6.92 Å². The second-order valence-electron chi connectivity index (χ2n) is 3.41. The zero-order valence-electron chi connectivity index (χ0n) is 8.18. The highest BCUT2D eigenvalue weighted by molar-refractivity contribution is 5.19. The van der Waals surface area contributed by atoms with Crippen LogP contribution in [0.3, 0.4) is 0 Å². The average Bonchev–Trinajstić information content (AvgIpc) is 2.02. The molecule has 0 atom stereocenters. The van der Waals surface area contributed by atoms with E-state index in [1.165, 1.54) is 13.1 Å². The van der Waals surface area contributed by atoms with Gasteiger partial charge < -0.3 is 0 Å². The summed E-state index contributed by atoms with van der Waals surface area (Å²) in [5, 5.41) is 0. The van der Waals surface area contributed by atoms with Crippen molar-refractivity contribution in [3.05, 3.63) is 23.3 Å². The molecule has 0 aliphatic carbocycles. The predicted octanol–water partition coefficient (Wildman–Crippen LogP) is 2.93. The number of alkyl halides is 3. The lowest BCUT2D eigenvalue weighted by molar-refractivity contribution is -0.141. The van der Waals surface area contributed by atoms with Gasteiger partial charge in [0.1, 0.15) is 5.82 Å². The molecule has 1 heterocycles. The molecular formula is C9H11F3N2. The summed E-state index contributed by atoms with van der Waals surface area (Å²) < 4.78 is 37.2. The molecule has 0 unspecified atom stereocenters. The number of aromatic nitrogens is 2. The van der Waals surface area contributed by atoms with Gasteiger partial charge in [0.05, 0.1) is 0 Å². The van der Waals surface area contributed by atoms with Crippen molar-refractivity contribution in [2.45, 2.75) is 32.9 Å². The summed E-state index contributed by atoms with van der Waals surface area (Å²) in [5.74, 6) is 0.125. The van der Waals surface area contributed by atoms with Crippen molar-refractivity contribution in [2.24, 2.45) is 0 Å². The number of nitrogens with zero attached hydrogens (tertiary/aromatic N) is 2. The van der Waals surface area contributed by atoms with Crippen molar-refractivity contribution < 1.29 is 13.2 Å². The molecule has 1 aromatic rings. The average molecular weight is 204 g/mol. The lowest BCUT2D eigenvalue weighted by Crippen LogP contribution is -2.13. The maximum Gasteiger partial charge on any atom is 0.433 e. The van der Waals surface area contributed by atoms with E-state index in [9.17, 15) is 13.2 Å². The Balaban J connectivity index is 3.22. The molecule has 0 aromatic carbocycles. The SMILES string of the molecule is Cc1cnc(C(C)C)nc1C(F)(F)F. The van der Waals surface area contributed by atoms with Crippen molar-refractivity contribution in [3.63, 3.8) is 0 Å². The van der Waals surface area contributed by atoms with Gasteiger partial charge in [-0.1, -0.05) is 13.8 Å². The molecule has 0 bridgehead atoms. The first-order chi connectivity index (χ1) is 6.32. The lowest BCUT2D eigenvalue weighted by atomic mass is 10.2. The van der Waals surface area contributed by atoms with Crippen LogP contribution in [-0.4, -0.2) is 9.97 Å². The van der Waals surface area contributed by atoms with Crippen LogP contribution >= 0.6 is 0 Å². The smallest absolute Gasteiger partial charge is 0.241 e. The Morgan fingerprint density at radius 1 is 1.29 bits per heavy atom. The van der Waals surface area contributed by atoms with E-state index in [0.717, 1.165) is 0 Å². The van der Waals surface area contributed by atoms with Gasteiger partial charge in [-0.15, -0.1) is 0 Å². The molecule has 0 N–H and O–H groups in total. The van der Waals surface area contributed by atoms with Gasteiger partial charge in [0.2, 0.25) is 0 Å². The summed E-state index contributed by atoms with van der Waals surface area (Å²) in [6, 6.07) is 0. The van der Waals surface area contributed by atoms with E-state index in [1.54, 1.807) is 13.8 Å². The van der Waals surface area contributed by atoms with E-state index in [2.05, 4.69) is 9.97 Å². The molecule has 0 radical (unpaired) electrons. The van der Waals surface area contributed by atoms with Gasteiger partial charge in [-0.25, -0.2) is 9.97 Å². The molecule has 0 spiro atoms. The third-order valence-corrected chi connectivity index (χ3v) is 1.78. The van der Waals surface area contributed by atoms with Crippen molar-refractivity contribution in [1.82, 2.24) is 9.97 Å². The molecule has 2 nitrogen and oxygen atoms in total. The van der Waals surface area contributed by atoms with Crippen LogP contribution in [0.4, 0.5) is 13.2 Å². The van der Waals surface area contributed by atoms with Gasteiger partial charge in [-0.05, 0) is 12.5 Å². The molecular weight excluding hydrogens is 193 g/mol. The molecule has 5 heteroatoms. The third kappa shape index (κ3) is 2.21. The van der Waals surface area contributed by atoms with E-state index in [1.807, 2.05) is 0 Å². The molecule has 0 aliphatic rings. The van der Waals surface area contributed by atoms with Crippen LogP contribution in [0.25, 0.3) is 0 Å². The normalized spacial score (nSPS) is 12.2. The number of halogens is 3. The summed E-state index contributed by atoms with van der Waals surface area (Å²) in [4.78, 5) is 7.35. The molecule has 0 aliphatic heterocycles. The maximum atomic E-state index is 12.4. The molecule has 1 rings (SSSR count). The molecule has 78 valence electrons. The van der Waals surface area contributed by atoms with E-state index in [0.29, 0.717) is 0 Å². The Labute approximate surface area is 80.2 Å². The van der Waals surface area contributed by atoms with E-state index in [4.69, 9.17) is 0 Å². The second-order valence-corrected chi connectivity index (χ2v) is 3.41. The Kier molecular flexibility index (Phi) is 2.78. The fraction of sp³-hybridized carbons (Fsp3) is 0.556. The van der Waals surface area contributed by atoms with Gasteiger partial charge in [0.15, 0.2) is 5.69 Å². The summed E-state index contributed by atoms with van der Waals surface area (Å²) in [6.45, 7) is 4.86. The van der Waals surface area contributed by atoms with Crippen molar-refractivity contribution >= 4 is 0 Å². The quantitative estimate of drug-likeness (QED) is 0.702. The van der Waals surface area contributed by atoms with Gasteiger partial charge in [-0.3, -0.25) is 0 Å². The molecule has 1 aromatic heterocycles. The predicted molar refractivity (Wildman–Crippen MR) is 45.9 cm³/mol. The Bertz CT molecular complexity index is 331. The van der Waals surface area contributed by atoms with Crippen molar-refractivity contribution in [1.29, 1.82) is 0 Å². The highest BCUT2D eigenvalue weighted by Gasteiger charge is 2.35. The van der Waals surface area contributed by atoms with Crippen LogP contribution in [0.1, 0.15) is 36.8 Å². The maximum absolute atomic E-state index is 12.4. The minimum absolute atomic E-state index is 0.0573. The summed E-state index contributed by atoms with van der Waals surface area (Å²) >= 11 is 0. The van der Waals surface area contributed by atoms with Crippen LogP contribution in [0.15, 0.2) is 6.20 Å². The van der Waals surface area contributed by atoms with Crippen LogP contribution in [0.5, 0.6) is 0 Å². The van der Waals surface area contributed by atoms with Gasteiger partial charge in [0, 0.05) is 12.1 Å². The molecule has 0 fully saturated rings. The molecule has 0 amide bonds. The second kappa shape index (κ2) is 3.55. The Morgan fingerprint density at radius 3 is 2.29 bits per heavy atom. The lowest BCUT2D eigenvalue weighted by Gasteiger charge is -2.11. The van der Waals surface area contributed by atoms with E-state index >= 15 is 0 Å². The summed E-state index contributed by atoms with van der Waals surface area (Å²) in [5.41, 5.74) is -0.780. The van der Waals surface area contributed by atoms with Gasteiger partial charge >= 0.3 is 6.18 Å². The first-order valence-corrected chi connectivity index (χ1v) is 4.23. The van der Waals surface area contributed by atoms with Crippen molar-refractivity contribution in [3.8, 4) is 0 Å². The van der Waals surface area contributed by atoms with Crippen LogP contribution < -0.4 is 0 Å². The van der Waals surface area contributed by atoms with E-state index in [-0.39, 0.29) is 17.3 Å². The number of rotatable bonds is 1. The van der Waals surface area contributed by atoms with Gasteiger partial charge in [0.25, 0.3) is 0 Å². The first-order valence-electron chi connectivity index (χ1n) is 4.23. The van der Waals surface area contributed by atoms with Gasteiger partial charge in [-0.2, -0.15) is 13.2 Å².